The van der Waals surface area contributed by atoms with Crippen molar-refractivity contribution < 1.29 is 87.8 Å². The van der Waals surface area contributed by atoms with Crippen LogP contribution in [0.5, 0.6) is 34.5 Å². The zero-order valence-corrected chi connectivity index (χ0v) is 56.8. The Hall–Kier alpha value is -11.0. The minimum atomic E-state index is -1.86. The number of aliphatic carboxylic acids is 6. The van der Waals surface area contributed by atoms with Crippen LogP contribution in [0, 0.1) is 83.1 Å². The Morgan fingerprint density at radius 2 is 0.351 bits per heavy atom. The van der Waals surface area contributed by atoms with Crippen molar-refractivity contribution in [3.8, 4) is 101 Å². The Balaban J connectivity index is 1.47. The van der Waals surface area contributed by atoms with E-state index in [4.69, 9.17) is 28.4 Å². The number of carbonyl (C=O) groups is 6. The Bertz CT molecular complexity index is 3780. The molecule has 0 saturated carbocycles. The average molecular weight is 1330 g/mol. The van der Waals surface area contributed by atoms with Crippen LogP contribution in [0.25, 0.3) is 66.8 Å². The third-order valence-corrected chi connectivity index (χ3v) is 18.8. The number of rotatable bonds is 27. The molecule has 0 spiro atoms. The lowest BCUT2D eigenvalue weighted by molar-refractivity contribution is -0.140. The first kappa shape index (κ1) is 70.3. The number of benzene rings is 9. The molecule has 0 aliphatic rings. The molecule has 0 fully saturated rings. The predicted molar refractivity (Wildman–Crippen MR) is 373 cm³/mol. The SMILES string of the molecule is Cc1cc(OCC(=O)O)cc(C)c1-c1cc(-c2c(C)cc(OCC(=O)O)cc2C)cc(P(c2cc(-c3c(C)cc(OCC(=O)O)cc3C)cc(-c3c(C)cc(OCC(=O)O)cc3C)c2)c2cc(-c3c(C)cc(OCC(=O)O)cc3C)cc(-c3c(C)cc(OCC(=O)O)cc3C)c2)c1. The van der Waals surface area contributed by atoms with Crippen molar-refractivity contribution in [3.63, 3.8) is 0 Å². The molecule has 0 aliphatic heterocycles. The maximum Gasteiger partial charge on any atom is 0.341 e. The second kappa shape index (κ2) is 29.8. The van der Waals surface area contributed by atoms with Crippen LogP contribution >= 0.6 is 7.92 Å². The molecule has 9 aromatic carbocycles. The van der Waals surface area contributed by atoms with Crippen molar-refractivity contribution in [1.82, 2.24) is 0 Å². The van der Waals surface area contributed by atoms with Crippen LogP contribution in [0.2, 0.25) is 0 Å². The fourth-order valence-corrected chi connectivity index (χ4v) is 15.7. The molecule has 0 saturated heterocycles. The Morgan fingerprint density at radius 1 is 0.227 bits per heavy atom. The summed E-state index contributed by atoms with van der Waals surface area (Å²) >= 11 is 0. The molecule has 500 valence electrons. The summed E-state index contributed by atoms with van der Waals surface area (Å²) in [6.45, 7) is 20.0. The minimum Gasteiger partial charge on any atom is -0.482 e. The molecule has 0 heterocycles. The summed E-state index contributed by atoms with van der Waals surface area (Å²) in [6.07, 6.45) is 0. The van der Waals surface area contributed by atoms with Gasteiger partial charge >= 0.3 is 35.8 Å². The number of carboxylic acid groups (broad SMARTS) is 6. The second-order valence-electron chi connectivity index (χ2n) is 24.3. The molecule has 6 N–H and O–H groups in total. The van der Waals surface area contributed by atoms with E-state index in [2.05, 4.69) is 54.6 Å². The van der Waals surface area contributed by atoms with Crippen LogP contribution in [0.15, 0.2) is 127 Å². The molecular formula is C78H75O18P. The van der Waals surface area contributed by atoms with E-state index in [1.807, 2.05) is 156 Å². The number of aryl methyl sites for hydroxylation is 12. The van der Waals surface area contributed by atoms with Crippen molar-refractivity contribution in [2.45, 2.75) is 83.1 Å². The smallest absolute Gasteiger partial charge is 0.341 e. The van der Waals surface area contributed by atoms with E-state index < -0.39 is 83.4 Å². The van der Waals surface area contributed by atoms with E-state index >= 15 is 0 Å². The summed E-state index contributed by atoms with van der Waals surface area (Å²) in [5.74, 6) is -4.56. The van der Waals surface area contributed by atoms with Crippen LogP contribution in [0.3, 0.4) is 0 Å². The van der Waals surface area contributed by atoms with Gasteiger partial charge in [-0.3, -0.25) is 0 Å². The lowest BCUT2D eigenvalue weighted by Gasteiger charge is -2.27. The fourth-order valence-electron chi connectivity index (χ4n) is 13.2. The highest BCUT2D eigenvalue weighted by Crippen LogP contribution is 2.47. The average Bonchev–Trinajstić information content (AvgIpc) is 0.752. The molecule has 0 atom stereocenters. The summed E-state index contributed by atoms with van der Waals surface area (Å²) < 4.78 is 34.6. The van der Waals surface area contributed by atoms with E-state index in [0.717, 1.165) is 149 Å². The first-order valence-corrected chi connectivity index (χ1v) is 32.3. The largest absolute Gasteiger partial charge is 0.482 e. The van der Waals surface area contributed by atoms with Gasteiger partial charge < -0.3 is 59.1 Å². The number of carboxylic acids is 6. The van der Waals surface area contributed by atoms with Crippen LogP contribution in [0.4, 0.5) is 0 Å². The molecule has 9 rings (SSSR count). The molecule has 0 aliphatic carbocycles. The summed E-state index contributed by atoms with van der Waals surface area (Å²) in [5, 5.41) is 60.5. The van der Waals surface area contributed by atoms with Gasteiger partial charge in [0.1, 0.15) is 34.5 Å². The number of hydrogen-bond acceptors (Lipinski definition) is 12. The lowest BCUT2D eigenvalue weighted by Crippen LogP contribution is -2.22. The fraction of sp³-hybridized carbons (Fsp3) is 0.231. The Morgan fingerprint density at radius 3 is 0.464 bits per heavy atom. The van der Waals surface area contributed by atoms with Gasteiger partial charge in [-0.25, -0.2) is 28.8 Å². The van der Waals surface area contributed by atoms with E-state index in [-0.39, 0.29) is 0 Å². The van der Waals surface area contributed by atoms with Crippen LogP contribution in [-0.2, 0) is 28.8 Å². The van der Waals surface area contributed by atoms with Gasteiger partial charge in [-0.05, 0) is 368 Å². The highest BCUT2D eigenvalue weighted by molar-refractivity contribution is 7.79. The lowest BCUT2D eigenvalue weighted by atomic mass is 9.90. The van der Waals surface area contributed by atoms with Crippen LogP contribution in [0.1, 0.15) is 66.8 Å². The third-order valence-electron chi connectivity index (χ3n) is 16.5. The topological polar surface area (TPSA) is 279 Å². The summed E-state index contributed by atoms with van der Waals surface area (Å²) in [4.78, 5) is 70.8. The van der Waals surface area contributed by atoms with Gasteiger partial charge in [0.15, 0.2) is 39.6 Å². The highest BCUT2D eigenvalue weighted by Gasteiger charge is 2.28. The zero-order chi connectivity index (χ0) is 70.4. The number of ether oxygens (including phenoxy) is 6. The van der Waals surface area contributed by atoms with E-state index in [0.29, 0.717) is 34.5 Å². The molecule has 97 heavy (non-hydrogen) atoms. The molecular weight excluding hydrogens is 1260 g/mol. The van der Waals surface area contributed by atoms with Gasteiger partial charge in [0.2, 0.25) is 0 Å². The van der Waals surface area contributed by atoms with E-state index in [9.17, 15) is 59.4 Å². The van der Waals surface area contributed by atoms with Gasteiger partial charge in [-0.1, -0.05) is 0 Å². The maximum atomic E-state index is 11.8. The van der Waals surface area contributed by atoms with Gasteiger partial charge in [-0.15, -0.1) is 0 Å². The quantitative estimate of drug-likeness (QED) is 0.0261. The Labute approximate surface area is 563 Å². The predicted octanol–water partition coefficient (Wildman–Crippen LogP) is 13.9. The minimum absolute atomic E-state index is 0.371. The molecule has 0 radical (unpaired) electrons. The van der Waals surface area contributed by atoms with Gasteiger partial charge in [0.25, 0.3) is 0 Å². The summed E-state index contributed by atoms with van der Waals surface area (Å²) in [5.41, 5.74) is 19.4. The normalized spacial score (nSPS) is 11.1. The molecule has 0 aromatic heterocycles. The van der Waals surface area contributed by atoms with E-state index in [1.165, 1.54) is 0 Å². The van der Waals surface area contributed by atoms with Gasteiger partial charge in [0.05, 0.1) is 0 Å². The zero-order valence-electron chi connectivity index (χ0n) is 55.9. The Kier molecular flexibility index (Phi) is 21.6. The molecule has 0 bridgehead atoms. The van der Waals surface area contributed by atoms with Crippen molar-refractivity contribution >= 4 is 59.7 Å². The van der Waals surface area contributed by atoms with Crippen molar-refractivity contribution in [3.05, 3.63) is 194 Å². The van der Waals surface area contributed by atoms with E-state index in [1.54, 1.807) is 0 Å². The van der Waals surface area contributed by atoms with Crippen LogP contribution < -0.4 is 44.3 Å². The molecule has 19 heteroatoms. The third kappa shape index (κ3) is 16.8. The molecule has 18 nitrogen and oxygen atoms in total. The van der Waals surface area contributed by atoms with Crippen molar-refractivity contribution in [1.29, 1.82) is 0 Å². The first-order chi connectivity index (χ1) is 45.9. The highest BCUT2D eigenvalue weighted by atomic mass is 31.1. The molecule has 0 unspecified atom stereocenters. The first-order valence-electron chi connectivity index (χ1n) is 30.9. The van der Waals surface area contributed by atoms with Crippen molar-refractivity contribution in [2.24, 2.45) is 0 Å². The van der Waals surface area contributed by atoms with Crippen molar-refractivity contribution in [2.75, 3.05) is 39.6 Å². The van der Waals surface area contributed by atoms with Crippen LogP contribution in [-0.4, -0.2) is 106 Å². The van der Waals surface area contributed by atoms with Gasteiger partial charge in [0, 0.05) is 0 Å². The summed E-state index contributed by atoms with van der Waals surface area (Å²) in [6, 6.07) is 41.2. The molecule has 0 amide bonds. The standard InChI is InChI=1S/C78H75O18P/c1-40-13-58(91-34-67(79)80)14-41(2)73(40)52-25-53(74-42(3)15-59(16-43(74)4)92-35-68(81)82)29-64(28-52)97(65-30-54(75-44(5)17-60(18-45(75)6)93-36-69(83)84)26-55(31-65)76-46(7)19-61(20-47(76)8)94-37-70(85)86)66-32-56(77-48(9)21-62(22-49(77)10)95-38-71(87)88)27-57(33-66)78-50(11)23-63(24-51(78)12)96-39-72(89)90/h13-33H,34-39H2,1-12H3,(H,79,80)(H,81,82)(H,83,84)(H,85,86)(H,87,88)(H,89,90). The monoisotopic (exact) mass is 1330 g/mol. The van der Waals surface area contributed by atoms with Gasteiger partial charge in [-0.2, -0.15) is 0 Å². The second-order valence-corrected chi connectivity index (χ2v) is 26.5. The number of hydrogen-bond donors (Lipinski definition) is 6. The summed E-state index contributed by atoms with van der Waals surface area (Å²) in [7, 11) is -1.86. The maximum absolute atomic E-state index is 11.8. The molecule has 9 aromatic rings.